The minimum Gasteiger partial charge on any atom is -0.496 e. The van der Waals surface area contributed by atoms with Crippen LogP contribution in [0.25, 0.3) is 0 Å². The maximum atomic E-state index is 12.5. The number of nitriles is 1. The van der Waals surface area contributed by atoms with Crippen molar-refractivity contribution in [2.45, 2.75) is 32.3 Å². The molecule has 1 aromatic rings. The van der Waals surface area contributed by atoms with Crippen molar-refractivity contribution >= 4 is 5.78 Å². The van der Waals surface area contributed by atoms with Crippen LogP contribution in [-0.4, -0.2) is 25.6 Å². The summed E-state index contributed by atoms with van der Waals surface area (Å²) >= 11 is 0. The summed E-state index contributed by atoms with van der Waals surface area (Å²) < 4.78 is 10.7. The summed E-state index contributed by atoms with van der Waals surface area (Å²) in [6, 6.07) is 7.68. The highest BCUT2D eigenvalue weighted by Crippen LogP contribution is 2.32. The molecule has 20 heavy (non-hydrogen) atoms. The number of methoxy groups -OCH3 is 1. The van der Waals surface area contributed by atoms with Gasteiger partial charge in [-0.3, -0.25) is 4.79 Å². The number of hydrogen-bond acceptors (Lipinski definition) is 4. The van der Waals surface area contributed by atoms with Gasteiger partial charge in [-0.15, -0.1) is 0 Å². The van der Waals surface area contributed by atoms with Gasteiger partial charge >= 0.3 is 0 Å². The van der Waals surface area contributed by atoms with E-state index in [1.54, 1.807) is 13.2 Å². The normalized spacial score (nSPS) is 23.1. The second kappa shape index (κ2) is 6.06. The number of aryl methyl sites for hydroxylation is 1. The lowest BCUT2D eigenvalue weighted by Crippen LogP contribution is -2.22. The van der Waals surface area contributed by atoms with Gasteiger partial charge in [0.05, 0.1) is 25.9 Å². The van der Waals surface area contributed by atoms with Gasteiger partial charge in [-0.1, -0.05) is 17.7 Å². The molecule has 4 heteroatoms. The zero-order valence-corrected chi connectivity index (χ0v) is 12.1. The molecular formula is C16H19NO3. The van der Waals surface area contributed by atoms with Crippen molar-refractivity contribution in [1.29, 1.82) is 5.26 Å². The Morgan fingerprint density at radius 3 is 2.85 bits per heavy atom. The third kappa shape index (κ3) is 2.83. The molecular weight excluding hydrogens is 254 g/mol. The molecule has 0 aliphatic carbocycles. The Hall–Kier alpha value is -1.86. The number of ether oxygens (including phenoxy) is 2. The van der Waals surface area contributed by atoms with Crippen LogP contribution in [0.15, 0.2) is 18.2 Å². The predicted molar refractivity (Wildman–Crippen MR) is 74.6 cm³/mol. The molecule has 1 aliphatic rings. The van der Waals surface area contributed by atoms with Crippen LogP contribution in [0.2, 0.25) is 0 Å². The standard InChI is InChI=1S/C16H19NO3/c1-10-4-5-15(19-3)13(6-10)14(8-17)16(18)12-7-11(2)20-9-12/h4-6,11-12,14H,7,9H2,1-3H3. The largest absolute Gasteiger partial charge is 0.496 e. The Balaban J connectivity index is 2.31. The van der Waals surface area contributed by atoms with Gasteiger partial charge in [-0.05, 0) is 26.3 Å². The molecule has 0 bridgehead atoms. The summed E-state index contributed by atoms with van der Waals surface area (Å²) in [6.07, 6.45) is 0.771. The van der Waals surface area contributed by atoms with E-state index in [2.05, 4.69) is 6.07 Å². The van der Waals surface area contributed by atoms with Crippen molar-refractivity contribution in [1.82, 2.24) is 0 Å². The summed E-state index contributed by atoms with van der Waals surface area (Å²) in [5.41, 5.74) is 1.66. The third-order valence-corrected chi connectivity index (χ3v) is 3.71. The van der Waals surface area contributed by atoms with E-state index in [-0.39, 0.29) is 17.8 Å². The fourth-order valence-electron chi connectivity index (χ4n) is 2.62. The van der Waals surface area contributed by atoms with Crippen LogP contribution in [0.5, 0.6) is 5.75 Å². The van der Waals surface area contributed by atoms with Crippen LogP contribution in [0.4, 0.5) is 0 Å². The van der Waals surface area contributed by atoms with E-state index in [4.69, 9.17) is 9.47 Å². The lowest BCUT2D eigenvalue weighted by atomic mass is 9.86. The van der Waals surface area contributed by atoms with Crippen molar-refractivity contribution in [3.63, 3.8) is 0 Å². The first-order chi connectivity index (χ1) is 9.56. The Bertz CT molecular complexity index is 547. The maximum absolute atomic E-state index is 12.5. The minimum absolute atomic E-state index is 0.0687. The first-order valence-electron chi connectivity index (χ1n) is 6.76. The first-order valence-corrected chi connectivity index (χ1v) is 6.76. The molecule has 1 saturated heterocycles. The molecule has 0 aromatic heterocycles. The quantitative estimate of drug-likeness (QED) is 0.846. The van der Waals surface area contributed by atoms with E-state index < -0.39 is 5.92 Å². The van der Waals surface area contributed by atoms with E-state index in [1.165, 1.54) is 0 Å². The Labute approximate surface area is 119 Å². The number of benzene rings is 1. The van der Waals surface area contributed by atoms with Gasteiger partial charge in [0, 0.05) is 11.5 Å². The van der Waals surface area contributed by atoms with Crippen molar-refractivity contribution in [3.05, 3.63) is 29.3 Å². The fraction of sp³-hybridized carbons (Fsp3) is 0.500. The summed E-state index contributed by atoms with van der Waals surface area (Å²) in [4.78, 5) is 12.5. The van der Waals surface area contributed by atoms with Crippen molar-refractivity contribution in [2.24, 2.45) is 5.92 Å². The Kier molecular flexibility index (Phi) is 4.41. The molecule has 0 spiro atoms. The Morgan fingerprint density at radius 1 is 1.55 bits per heavy atom. The van der Waals surface area contributed by atoms with Gasteiger partial charge in [-0.2, -0.15) is 5.26 Å². The van der Waals surface area contributed by atoms with Crippen LogP contribution in [0.1, 0.15) is 30.4 Å². The number of ketones is 1. The molecule has 0 saturated carbocycles. The summed E-state index contributed by atoms with van der Waals surface area (Å²) in [7, 11) is 1.55. The van der Waals surface area contributed by atoms with Crippen LogP contribution in [0.3, 0.4) is 0 Å². The molecule has 0 N–H and O–H groups in total. The zero-order chi connectivity index (χ0) is 14.7. The SMILES string of the molecule is COc1ccc(C)cc1C(C#N)C(=O)C1COC(C)C1. The summed E-state index contributed by atoms with van der Waals surface area (Å²) in [5, 5.41) is 9.42. The molecule has 3 unspecified atom stereocenters. The summed E-state index contributed by atoms with van der Waals surface area (Å²) in [5.74, 6) is -0.466. The molecule has 1 fully saturated rings. The molecule has 0 radical (unpaired) electrons. The third-order valence-electron chi connectivity index (χ3n) is 3.71. The van der Waals surface area contributed by atoms with Crippen molar-refractivity contribution in [2.75, 3.05) is 13.7 Å². The number of nitrogens with zero attached hydrogens (tertiary/aromatic N) is 1. The summed E-state index contributed by atoms with van der Waals surface area (Å²) in [6.45, 7) is 4.29. The van der Waals surface area contributed by atoms with Gasteiger partial charge in [0.1, 0.15) is 11.7 Å². The number of carbonyl (C=O) groups is 1. The van der Waals surface area contributed by atoms with E-state index in [9.17, 15) is 10.1 Å². The molecule has 1 heterocycles. The monoisotopic (exact) mass is 273 g/mol. The van der Waals surface area contributed by atoms with Crippen LogP contribution in [0, 0.1) is 24.2 Å². The zero-order valence-electron chi connectivity index (χ0n) is 12.1. The second-order valence-corrected chi connectivity index (χ2v) is 5.29. The maximum Gasteiger partial charge on any atom is 0.160 e. The van der Waals surface area contributed by atoms with Crippen molar-refractivity contribution < 1.29 is 14.3 Å². The van der Waals surface area contributed by atoms with Crippen LogP contribution in [-0.2, 0) is 9.53 Å². The average molecular weight is 273 g/mol. The molecule has 4 nitrogen and oxygen atoms in total. The van der Waals surface area contributed by atoms with Gasteiger partial charge in [-0.25, -0.2) is 0 Å². The molecule has 1 aliphatic heterocycles. The van der Waals surface area contributed by atoms with Crippen LogP contribution < -0.4 is 4.74 Å². The average Bonchev–Trinajstić information content (AvgIpc) is 2.86. The molecule has 2 rings (SSSR count). The van der Waals surface area contributed by atoms with Gasteiger partial charge in [0.25, 0.3) is 0 Å². The topological polar surface area (TPSA) is 59.3 Å². The number of carbonyl (C=O) groups excluding carboxylic acids is 1. The van der Waals surface area contributed by atoms with Crippen LogP contribution >= 0.6 is 0 Å². The number of hydrogen-bond donors (Lipinski definition) is 0. The highest BCUT2D eigenvalue weighted by molar-refractivity contribution is 5.91. The molecule has 1 aromatic carbocycles. The lowest BCUT2D eigenvalue weighted by molar-refractivity contribution is -0.123. The molecule has 3 atom stereocenters. The highest BCUT2D eigenvalue weighted by atomic mass is 16.5. The van der Waals surface area contributed by atoms with Crippen molar-refractivity contribution in [3.8, 4) is 11.8 Å². The van der Waals surface area contributed by atoms with E-state index in [1.807, 2.05) is 26.0 Å². The predicted octanol–water partition coefficient (Wildman–Crippen LogP) is 2.60. The van der Waals surface area contributed by atoms with Gasteiger partial charge in [0.2, 0.25) is 0 Å². The Morgan fingerprint density at radius 2 is 2.30 bits per heavy atom. The second-order valence-electron chi connectivity index (χ2n) is 5.29. The van der Waals surface area contributed by atoms with Gasteiger partial charge in [0.15, 0.2) is 5.78 Å². The minimum atomic E-state index is -0.788. The lowest BCUT2D eigenvalue weighted by Gasteiger charge is -2.16. The highest BCUT2D eigenvalue weighted by Gasteiger charge is 2.35. The molecule has 106 valence electrons. The van der Waals surface area contributed by atoms with Gasteiger partial charge < -0.3 is 9.47 Å². The van der Waals surface area contributed by atoms with E-state index >= 15 is 0 Å². The van der Waals surface area contributed by atoms with E-state index in [0.717, 1.165) is 5.56 Å². The smallest absolute Gasteiger partial charge is 0.160 e. The number of rotatable bonds is 4. The van der Waals surface area contributed by atoms with E-state index in [0.29, 0.717) is 24.3 Å². The molecule has 0 amide bonds. The first kappa shape index (κ1) is 14.5. The number of Topliss-reactive ketones (excluding diaryl/α,β-unsaturated/α-hetero) is 1. The fourth-order valence-corrected chi connectivity index (χ4v) is 2.62.